The summed E-state index contributed by atoms with van der Waals surface area (Å²) in [6.45, 7) is 3.33. The van der Waals surface area contributed by atoms with E-state index in [1.807, 2.05) is 0 Å². The van der Waals surface area contributed by atoms with Crippen LogP contribution < -0.4 is 10.5 Å². The summed E-state index contributed by atoms with van der Waals surface area (Å²) in [4.78, 5) is 0. The van der Waals surface area contributed by atoms with Crippen LogP contribution in [-0.4, -0.2) is 7.11 Å². The Labute approximate surface area is 117 Å². The Balaban J connectivity index is 2.54. The molecule has 0 aliphatic rings. The number of methoxy groups -OCH3 is 1. The summed E-state index contributed by atoms with van der Waals surface area (Å²) in [6, 6.07) is 7.12. The van der Waals surface area contributed by atoms with E-state index >= 15 is 0 Å². The molecule has 1 unspecified atom stereocenters. The van der Waals surface area contributed by atoms with Crippen LogP contribution in [-0.2, 0) is 0 Å². The Hall–Kier alpha value is -1.94. The van der Waals surface area contributed by atoms with Gasteiger partial charge in [0.25, 0.3) is 0 Å². The SMILES string of the molecule is COc1cccc(F)c1C(N)c1cc(C)c(F)c(C)c1. The summed E-state index contributed by atoms with van der Waals surface area (Å²) in [5.74, 6) is -0.310. The summed E-state index contributed by atoms with van der Waals surface area (Å²) in [7, 11) is 1.46. The van der Waals surface area contributed by atoms with E-state index in [0.717, 1.165) is 0 Å². The molecule has 2 N–H and O–H groups in total. The molecule has 0 bridgehead atoms. The fourth-order valence-corrected chi connectivity index (χ4v) is 2.32. The average molecular weight is 277 g/mol. The molecule has 0 aromatic heterocycles. The van der Waals surface area contributed by atoms with Crippen molar-refractivity contribution in [3.63, 3.8) is 0 Å². The Morgan fingerprint density at radius 1 is 1.10 bits per heavy atom. The normalized spacial score (nSPS) is 12.3. The largest absolute Gasteiger partial charge is 0.496 e. The van der Waals surface area contributed by atoms with E-state index in [2.05, 4.69) is 0 Å². The zero-order valence-electron chi connectivity index (χ0n) is 11.7. The fourth-order valence-electron chi connectivity index (χ4n) is 2.32. The molecule has 2 aromatic rings. The Kier molecular flexibility index (Phi) is 4.04. The monoisotopic (exact) mass is 277 g/mol. The summed E-state index contributed by atoms with van der Waals surface area (Å²) in [6.07, 6.45) is 0. The topological polar surface area (TPSA) is 35.2 Å². The minimum atomic E-state index is -0.704. The number of halogens is 2. The number of hydrogen-bond acceptors (Lipinski definition) is 2. The summed E-state index contributed by atoms with van der Waals surface area (Å²) >= 11 is 0. The highest BCUT2D eigenvalue weighted by Crippen LogP contribution is 2.31. The van der Waals surface area contributed by atoms with E-state index in [1.54, 1.807) is 38.1 Å². The van der Waals surface area contributed by atoms with E-state index < -0.39 is 11.9 Å². The predicted molar refractivity (Wildman–Crippen MR) is 74.9 cm³/mol. The lowest BCUT2D eigenvalue weighted by Gasteiger charge is -2.18. The zero-order valence-corrected chi connectivity index (χ0v) is 11.7. The van der Waals surface area contributed by atoms with Gasteiger partial charge in [0.2, 0.25) is 0 Å². The van der Waals surface area contributed by atoms with Gasteiger partial charge in [0, 0.05) is 0 Å². The molecule has 20 heavy (non-hydrogen) atoms. The van der Waals surface area contributed by atoms with Crippen LogP contribution in [0.3, 0.4) is 0 Å². The molecule has 0 amide bonds. The summed E-state index contributed by atoms with van der Waals surface area (Å²) in [5, 5.41) is 0. The smallest absolute Gasteiger partial charge is 0.132 e. The van der Waals surface area contributed by atoms with Gasteiger partial charge in [-0.15, -0.1) is 0 Å². The first-order valence-corrected chi connectivity index (χ1v) is 6.30. The van der Waals surface area contributed by atoms with Crippen molar-refractivity contribution >= 4 is 0 Å². The molecule has 4 heteroatoms. The molecule has 106 valence electrons. The van der Waals surface area contributed by atoms with Crippen molar-refractivity contribution in [3.8, 4) is 5.75 Å². The van der Waals surface area contributed by atoms with Crippen molar-refractivity contribution in [2.75, 3.05) is 7.11 Å². The average Bonchev–Trinajstić information content (AvgIpc) is 2.43. The number of ether oxygens (including phenoxy) is 1. The van der Waals surface area contributed by atoms with E-state index in [4.69, 9.17) is 10.5 Å². The Morgan fingerprint density at radius 3 is 2.25 bits per heavy atom. The van der Waals surface area contributed by atoms with E-state index in [0.29, 0.717) is 22.4 Å². The van der Waals surface area contributed by atoms with Gasteiger partial charge in [0.05, 0.1) is 18.7 Å². The number of benzene rings is 2. The minimum absolute atomic E-state index is 0.263. The first-order valence-electron chi connectivity index (χ1n) is 6.30. The molecular weight excluding hydrogens is 260 g/mol. The molecule has 0 saturated heterocycles. The maximum absolute atomic E-state index is 14.0. The van der Waals surface area contributed by atoms with Crippen LogP contribution in [0.2, 0.25) is 0 Å². The van der Waals surface area contributed by atoms with E-state index in [-0.39, 0.29) is 11.4 Å². The number of hydrogen-bond donors (Lipinski definition) is 1. The van der Waals surface area contributed by atoms with Gasteiger partial charge < -0.3 is 10.5 Å². The summed E-state index contributed by atoms with van der Waals surface area (Å²) in [5.41, 5.74) is 8.06. The first-order chi connectivity index (χ1) is 9.45. The van der Waals surface area contributed by atoms with Crippen molar-refractivity contribution in [1.29, 1.82) is 0 Å². The number of nitrogens with two attached hydrogens (primary N) is 1. The van der Waals surface area contributed by atoms with Gasteiger partial charge in [0.1, 0.15) is 17.4 Å². The number of rotatable bonds is 3. The Bertz CT molecular complexity index is 617. The summed E-state index contributed by atoms with van der Waals surface area (Å²) < 4.78 is 32.8. The third-order valence-electron chi connectivity index (χ3n) is 3.36. The van der Waals surface area contributed by atoms with Crippen molar-refractivity contribution in [2.45, 2.75) is 19.9 Å². The van der Waals surface area contributed by atoms with Crippen LogP contribution in [0.5, 0.6) is 5.75 Å². The molecule has 0 heterocycles. The molecule has 0 saturated carbocycles. The van der Waals surface area contributed by atoms with Crippen LogP contribution in [0.25, 0.3) is 0 Å². The van der Waals surface area contributed by atoms with Crippen LogP contribution in [0.4, 0.5) is 8.78 Å². The molecule has 2 rings (SSSR count). The maximum Gasteiger partial charge on any atom is 0.132 e. The molecule has 0 aliphatic heterocycles. The van der Waals surface area contributed by atoms with Gasteiger partial charge in [-0.3, -0.25) is 0 Å². The molecule has 0 fully saturated rings. The van der Waals surface area contributed by atoms with Crippen molar-refractivity contribution in [3.05, 3.63) is 64.2 Å². The fraction of sp³-hybridized carbons (Fsp3) is 0.250. The molecule has 0 radical (unpaired) electrons. The molecule has 0 aliphatic carbocycles. The van der Waals surface area contributed by atoms with Crippen molar-refractivity contribution in [2.24, 2.45) is 5.73 Å². The van der Waals surface area contributed by atoms with E-state index in [9.17, 15) is 8.78 Å². The number of aryl methyl sites for hydroxylation is 2. The maximum atomic E-state index is 14.0. The molecule has 2 aromatic carbocycles. The van der Waals surface area contributed by atoms with Gasteiger partial charge >= 0.3 is 0 Å². The zero-order chi connectivity index (χ0) is 14.9. The Morgan fingerprint density at radius 2 is 1.70 bits per heavy atom. The van der Waals surface area contributed by atoms with Gasteiger partial charge in [-0.05, 0) is 42.7 Å². The van der Waals surface area contributed by atoms with Crippen molar-refractivity contribution in [1.82, 2.24) is 0 Å². The first kappa shape index (κ1) is 14.5. The van der Waals surface area contributed by atoms with Gasteiger partial charge in [0.15, 0.2) is 0 Å². The lowest BCUT2D eigenvalue weighted by molar-refractivity contribution is 0.402. The second kappa shape index (κ2) is 5.59. The molecule has 0 spiro atoms. The minimum Gasteiger partial charge on any atom is -0.496 e. The third-order valence-corrected chi connectivity index (χ3v) is 3.36. The van der Waals surface area contributed by atoms with Crippen LogP contribution >= 0.6 is 0 Å². The van der Waals surface area contributed by atoms with Gasteiger partial charge in [-0.25, -0.2) is 8.78 Å². The van der Waals surface area contributed by atoms with Crippen LogP contribution in [0, 0.1) is 25.5 Å². The van der Waals surface area contributed by atoms with Gasteiger partial charge in [-0.1, -0.05) is 18.2 Å². The molecule has 1 atom stereocenters. The highest BCUT2D eigenvalue weighted by Gasteiger charge is 2.20. The van der Waals surface area contributed by atoms with Crippen molar-refractivity contribution < 1.29 is 13.5 Å². The lowest BCUT2D eigenvalue weighted by atomic mass is 9.95. The van der Waals surface area contributed by atoms with E-state index in [1.165, 1.54) is 13.2 Å². The highest BCUT2D eigenvalue weighted by molar-refractivity contribution is 5.44. The molecule has 2 nitrogen and oxygen atoms in total. The third kappa shape index (κ3) is 2.51. The van der Waals surface area contributed by atoms with Gasteiger partial charge in [-0.2, -0.15) is 0 Å². The second-order valence-corrected chi connectivity index (χ2v) is 4.80. The molecular formula is C16H17F2NO. The lowest BCUT2D eigenvalue weighted by Crippen LogP contribution is -2.15. The quantitative estimate of drug-likeness (QED) is 0.929. The van der Waals surface area contributed by atoms with Crippen LogP contribution in [0.1, 0.15) is 28.3 Å². The standard InChI is InChI=1S/C16H17F2NO/c1-9-7-11(8-10(2)15(9)18)16(19)14-12(17)5-4-6-13(14)20-3/h4-8,16H,19H2,1-3H3. The second-order valence-electron chi connectivity index (χ2n) is 4.80. The highest BCUT2D eigenvalue weighted by atomic mass is 19.1. The predicted octanol–water partition coefficient (Wildman–Crippen LogP) is 3.64. The van der Waals surface area contributed by atoms with Crippen LogP contribution in [0.15, 0.2) is 30.3 Å².